The van der Waals surface area contributed by atoms with Crippen LogP contribution in [0.3, 0.4) is 0 Å². The van der Waals surface area contributed by atoms with Crippen LogP contribution in [0.2, 0.25) is 0 Å². The molecule has 0 unspecified atom stereocenters. The van der Waals surface area contributed by atoms with Crippen LogP contribution in [0.15, 0.2) is 208 Å². The molecule has 0 saturated heterocycles. The molecule has 1 spiro atoms. The van der Waals surface area contributed by atoms with Crippen LogP contribution in [0.5, 0.6) is 0 Å². The summed E-state index contributed by atoms with van der Waals surface area (Å²) in [7, 11) is 0. The van der Waals surface area contributed by atoms with Gasteiger partial charge in [0.15, 0.2) is 5.82 Å². The molecule has 1 aliphatic heterocycles. The molecular weight excluding hydrogens is 713 g/mol. The molecule has 0 fully saturated rings. The number of hydrogen-bond acceptors (Lipinski definition) is 4. The lowest BCUT2D eigenvalue weighted by molar-refractivity contribution is 0.668. The minimum absolute atomic E-state index is 0.487. The van der Waals surface area contributed by atoms with E-state index in [2.05, 4.69) is 164 Å². The van der Waals surface area contributed by atoms with Crippen molar-refractivity contribution in [3.05, 3.63) is 216 Å². The molecule has 3 heterocycles. The van der Waals surface area contributed by atoms with E-state index in [1.807, 2.05) is 42.1 Å². The second-order valence-electron chi connectivity index (χ2n) is 14.9. The van der Waals surface area contributed by atoms with Gasteiger partial charge in [0.1, 0.15) is 11.2 Å². The molecule has 57 heavy (non-hydrogen) atoms. The van der Waals surface area contributed by atoms with Crippen molar-refractivity contribution in [1.29, 1.82) is 0 Å². The molecular formula is C53H32N2OS. The minimum Gasteiger partial charge on any atom is -0.456 e. The predicted octanol–water partition coefficient (Wildman–Crippen LogP) is 13.9. The van der Waals surface area contributed by atoms with Gasteiger partial charge >= 0.3 is 0 Å². The third kappa shape index (κ3) is 4.87. The number of aromatic nitrogens is 2. The summed E-state index contributed by atoms with van der Waals surface area (Å²) in [6, 6.07) is 69.6. The van der Waals surface area contributed by atoms with Gasteiger partial charge in [0.25, 0.3) is 0 Å². The van der Waals surface area contributed by atoms with Gasteiger partial charge in [-0.25, -0.2) is 9.97 Å². The summed E-state index contributed by atoms with van der Waals surface area (Å²) in [5.41, 5.74) is 16.1. The lowest BCUT2D eigenvalue weighted by Gasteiger charge is -2.39. The largest absolute Gasteiger partial charge is 0.456 e. The number of nitrogens with zero attached hydrogens (tertiary/aromatic N) is 2. The fourth-order valence-electron chi connectivity index (χ4n) is 9.22. The Kier molecular flexibility index (Phi) is 7.08. The van der Waals surface area contributed by atoms with Crippen molar-refractivity contribution in [2.45, 2.75) is 15.2 Å². The normalized spacial score (nSPS) is 13.3. The molecule has 0 bridgehead atoms. The molecule has 0 atom stereocenters. The first kappa shape index (κ1) is 32.3. The Balaban J connectivity index is 1.07. The maximum Gasteiger partial charge on any atom is 0.160 e. The highest BCUT2D eigenvalue weighted by Crippen LogP contribution is 2.63. The Morgan fingerprint density at radius 2 is 0.965 bits per heavy atom. The first-order chi connectivity index (χ1) is 28.2. The van der Waals surface area contributed by atoms with Crippen LogP contribution < -0.4 is 0 Å². The number of benzene rings is 8. The fraction of sp³-hybridized carbons (Fsp3) is 0.0189. The molecule has 2 aromatic heterocycles. The Morgan fingerprint density at radius 3 is 1.74 bits per heavy atom. The first-order valence-corrected chi connectivity index (χ1v) is 20.1. The maximum absolute atomic E-state index is 6.55. The van der Waals surface area contributed by atoms with Crippen LogP contribution in [-0.2, 0) is 5.41 Å². The summed E-state index contributed by atoms with van der Waals surface area (Å²) < 4.78 is 6.55. The molecule has 0 amide bonds. The van der Waals surface area contributed by atoms with Crippen molar-refractivity contribution >= 4 is 33.7 Å². The van der Waals surface area contributed by atoms with Gasteiger partial charge in [0.2, 0.25) is 0 Å². The van der Waals surface area contributed by atoms with E-state index < -0.39 is 5.41 Å². The van der Waals surface area contributed by atoms with Crippen molar-refractivity contribution in [3.63, 3.8) is 0 Å². The molecule has 2 aliphatic rings. The number of hydrogen-bond donors (Lipinski definition) is 0. The molecule has 0 radical (unpaired) electrons. The van der Waals surface area contributed by atoms with E-state index in [4.69, 9.17) is 14.4 Å². The van der Waals surface area contributed by atoms with E-state index in [0.717, 1.165) is 61.1 Å². The number of para-hydroxylation sites is 1. The number of furan rings is 1. The Labute approximate surface area is 334 Å². The second-order valence-corrected chi connectivity index (χ2v) is 16.0. The summed E-state index contributed by atoms with van der Waals surface area (Å²) in [5.74, 6) is 0.708. The van der Waals surface area contributed by atoms with Gasteiger partial charge in [-0.3, -0.25) is 0 Å². The number of fused-ring (bicyclic) bond motifs is 12. The van der Waals surface area contributed by atoms with Crippen molar-refractivity contribution in [3.8, 4) is 56.2 Å². The SMILES string of the molecule is c1ccc(-c2cc(-c3cccc(-c4ccc5c(c4)-c4cc6oc7ccccc7c6cc4C54c5ccccc5Sc5ccccc54)c3)nc(-c3ccccc3)n2)cc1. The zero-order valence-electron chi connectivity index (χ0n) is 30.7. The van der Waals surface area contributed by atoms with E-state index >= 15 is 0 Å². The Bertz CT molecular complexity index is 3120. The van der Waals surface area contributed by atoms with Gasteiger partial charge in [0, 0.05) is 37.3 Å². The highest BCUT2D eigenvalue weighted by molar-refractivity contribution is 7.99. The smallest absolute Gasteiger partial charge is 0.160 e. The summed E-state index contributed by atoms with van der Waals surface area (Å²) >= 11 is 1.87. The first-order valence-electron chi connectivity index (χ1n) is 19.3. The molecule has 266 valence electrons. The van der Waals surface area contributed by atoms with Crippen LogP contribution in [-0.4, -0.2) is 9.97 Å². The van der Waals surface area contributed by atoms with E-state index in [9.17, 15) is 0 Å². The highest BCUT2D eigenvalue weighted by Gasteiger charge is 2.50. The maximum atomic E-state index is 6.55. The number of rotatable bonds is 4. The third-order valence-electron chi connectivity index (χ3n) is 11.8. The quantitative estimate of drug-likeness (QED) is 0.180. The lowest BCUT2D eigenvalue weighted by Crippen LogP contribution is -2.31. The fourth-order valence-corrected chi connectivity index (χ4v) is 10.4. The van der Waals surface area contributed by atoms with Crippen LogP contribution >= 0.6 is 11.8 Å². The minimum atomic E-state index is -0.487. The lowest BCUT2D eigenvalue weighted by atomic mass is 9.67. The zero-order valence-corrected chi connectivity index (χ0v) is 31.5. The van der Waals surface area contributed by atoms with Crippen LogP contribution in [0.1, 0.15) is 22.3 Å². The summed E-state index contributed by atoms with van der Waals surface area (Å²) in [6.45, 7) is 0. The molecule has 8 aromatic carbocycles. The van der Waals surface area contributed by atoms with Crippen LogP contribution in [0.25, 0.3) is 78.1 Å². The van der Waals surface area contributed by atoms with Gasteiger partial charge in [0.05, 0.1) is 16.8 Å². The molecule has 4 heteroatoms. The van der Waals surface area contributed by atoms with Gasteiger partial charge in [-0.2, -0.15) is 0 Å². The standard InChI is InChI=1S/C53H32N2OS/c1-3-14-33(15-4-1)46-32-47(55-52(54-46)34-16-5-2-6-17-34)37-19-13-18-35(28-37)36-26-27-42-39(29-36)40-31-49-41(38-20-7-10-23-48(38)56-49)30-45(40)53(42)43-21-8-11-24-50(43)57-51-25-12-9-22-44(51)53/h1-32H. The van der Waals surface area contributed by atoms with Gasteiger partial charge < -0.3 is 4.42 Å². The predicted molar refractivity (Wildman–Crippen MR) is 232 cm³/mol. The Hall–Kier alpha value is -7.01. The van der Waals surface area contributed by atoms with Crippen molar-refractivity contribution in [2.24, 2.45) is 0 Å². The molecule has 10 aromatic rings. The van der Waals surface area contributed by atoms with Gasteiger partial charge in [-0.15, -0.1) is 0 Å². The van der Waals surface area contributed by atoms with E-state index in [1.54, 1.807) is 0 Å². The van der Waals surface area contributed by atoms with Crippen LogP contribution in [0.4, 0.5) is 0 Å². The second kappa shape index (κ2) is 12.5. The summed E-state index contributed by atoms with van der Waals surface area (Å²) in [5, 5.41) is 2.29. The molecule has 3 nitrogen and oxygen atoms in total. The molecule has 1 aliphatic carbocycles. The highest BCUT2D eigenvalue weighted by atomic mass is 32.2. The molecule has 0 saturated carbocycles. The van der Waals surface area contributed by atoms with Crippen molar-refractivity contribution in [1.82, 2.24) is 9.97 Å². The van der Waals surface area contributed by atoms with E-state index in [-0.39, 0.29) is 0 Å². The zero-order chi connectivity index (χ0) is 37.5. The molecule has 12 rings (SSSR count). The van der Waals surface area contributed by atoms with Gasteiger partial charge in [-0.05, 0) is 93.0 Å². The van der Waals surface area contributed by atoms with Gasteiger partial charge in [-0.1, -0.05) is 157 Å². The van der Waals surface area contributed by atoms with E-state index in [1.165, 1.54) is 43.2 Å². The molecule has 0 N–H and O–H groups in total. The Morgan fingerprint density at radius 1 is 0.368 bits per heavy atom. The third-order valence-corrected chi connectivity index (χ3v) is 12.9. The van der Waals surface area contributed by atoms with Crippen molar-refractivity contribution < 1.29 is 4.42 Å². The average Bonchev–Trinajstić information content (AvgIpc) is 3.79. The summed E-state index contributed by atoms with van der Waals surface area (Å²) in [4.78, 5) is 12.8. The summed E-state index contributed by atoms with van der Waals surface area (Å²) in [6.07, 6.45) is 0. The monoisotopic (exact) mass is 744 g/mol. The van der Waals surface area contributed by atoms with E-state index in [0.29, 0.717) is 5.82 Å². The topological polar surface area (TPSA) is 38.9 Å². The average molecular weight is 745 g/mol. The van der Waals surface area contributed by atoms with Crippen molar-refractivity contribution in [2.75, 3.05) is 0 Å². The van der Waals surface area contributed by atoms with Crippen LogP contribution in [0, 0.1) is 0 Å².